The number of likely N-dealkylation sites (N-methyl/N-ethyl adjacent to an activating group) is 1. The van der Waals surface area contributed by atoms with Crippen LogP contribution in [0, 0.1) is 6.92 Å². The molecule has 1 fully saturated rings. The van der Waals surface area contributed by atoms with Gasteiger partial charge in [-0.3, -0.25) is 0 Å². The van der Waals surface area contributed by atoms with E-state index in [9.17, 15) is 0 Å². The number of aliphatic imine (C=N–C) groups is 2. The van der Waals surface area contributed by atoms with Crippen molar-refractivity contribution in [1.82, 2.24) is 19.9 Å². The lowest BCUT2D eigenvalue weighted by atomic mass is 10.1. The number of nitrogens with zero attached hydrogens (tertiary/aromatic N) is 5. The highest BCUT2D eigenvalue weighted by atomic mass is 35.5. The molecule has 35 heavy (non-hydrogen) atoms. The summed E-state index contributed by atoms with van der Waals surface area (Å²) in [5, 5.41) is 8.73. The Kier molecular flexibility index (Phi) is 7.77. The predicted octanol–water partition coefficient (Wildman–Crippen LogP) is 4.88. The van der Waals surface area contributed by atoms with Gasteiger partial charge in [-0.15, -0.1) is 0 Å². The van der Waals surface area contributed by atoms with Gasteiger partial charge in [-0.1, -0.05) is 30.6 Å². The maximum absolute atomic E-state index is 6.59. The third kappa shape index (κ3) is 6.04. The van der Waals surface area contributed by atoms with Gasteiger partial charge in [-0.2, -0.15) is 0 Å². The predicted molar refractivity (Wildman–Crippen MR) is 142 cm³/mol. The number of piperazine rings is 1. The molecule has 3 heterocycles. The Morgan fingerprint density at radius 3 is 2.77 bits per heavy atom. The molecule has 1 saturated heterocycles. The van der Waals surface area contributed by atoms with Crippen molar-refractivity contribution in [2.45, 2.75) is 26.7 Å². The molecule has 1 aliphatic heterocycles. The molecule has 186 valence electrons. The van der Waals surface area contributed by atoms with Crippen molar-refractivity contribution in [2.75, 3.05) is 45.3 Å². The van der Waals surface area contributed by atoms with Crippen LogP contribution in [0.1, 0.15) is 31.2 Å². The topological polar surface area (TPSA) is 94.3 Å². The summed E-state index contributed by atoms with van der Waals surface area (Å²) in [7, 11) is 2.11. The Morgan fingerprint density at radius 2 is 2.09 bits per heavy atom. The lowest BCUT2D eigenvalue weighted by Crippen LogP contribution is -2.47. The van der Waals surface area contributed by atoms with E-state index in [-0.39, 0.29) is 12.6 Å². The summed E-state index contributed by atoms with van der Waals surface area (Å²) in [6, 6.07) is 7.69. The van der Waals surface area contributed by atoms with Crippen LogP contribution in [-0.4, -0.2) is 72.5 Å². The number of H-pyrrole nitrogens is 1. The Bertz CT molecular complexity index is 1240. The van der Waals surface area contributed by atoms with E-state index < -0.39 is 0 Å². The van der Waals surface area contributed by atoms with E-state index in [1.165, 1.54) is 0 Å². The minimum atomic E-state index is 0.108. The fraction of sp³-hybridized carbons (Fsp3) is 0.400. The molecular weight excluding hydrogens is 466 g/mol. The number of aromatic amines is 1. The van der Waals surface area contributed by atoms with Gasteiger partial charge in [0.15, 0.2) is 6.73 Å². The molecule has 0 saturated carbocycles. The van der Waals surface area contributed by atoms with E-state index in [1.54, 1.807) is 0 Å². The minimum absolute atomic E-state index is 0.108. The fourth-order valence-electron chi connectivity index (χ4n) is 3.83. The number of anilines is 1. The van der Waals surface area contributed by atoms with Gasteiger partial charge in [0.2, 0.25) is 5.88 Å². The van der Waals surface area contributed by atoms with E-state index in [1.807, 2.05) is 37.3 Å². The number of benzene rings is 1. The molecule has 4 rings (SSSR count). The van der Waals surface area contributed by atoms with Gasteiger partial charge in [0.25, 0.3) is 0 Å². The number of aromatic nitrogens is 2. The first kappa shape index (κ1) is 24.8. The molecular formula is C25H32ClN7O2. The molecule has 10 heteroatoms. The third-order valence-electron chi connectivity index (χ3n) is 5.92. The van der Waals surface area contributed by atoms with Crippen molar-refractivity contribution in [3.8, 4) is 5.75 Å². The van der Waals surface area contributed by atoms with Gasteiger partial charge in [0, 0.05) is 54.9 Å². The van der Waals surface area contributed by atoms with Crippen LogP contribution in [0.2, 0.25) is 5.02 Å². The van der Waals surface area contributed by atoms with E-state index in [0.29, 0.717) is 22.5 Å². The normalized spacial score (nSPS) is 15.8. The third-order valence-corrected chi connectivity index (χ3v) is 6.31. The van der Waals surface area contributed by atoms with Crippen LogP contribution >= 0.6 is 11.6 Å². The Labute approximate surface area is 210 Å². The quantitative estimate of drug-likeness (QED) is 0.340. The van der Waals surface area contributed by atoms with Crippen molar-refractivity contribution in [3.63, 3.8) is 0 Å². The SMILES string of the molecule is C=N/C(=C\C(=N/COc1ccc2[nH]c(C)cc2c1Cl)N1CCN(C)CC1)Nc1cc(C(C)C)no1. The van der Waals surface area contributed by atoms with Crippen molar-refractivity contribution in [3.05, 3.63) is 52.6 Å². The monoisotopic (exact) mass is 497 g/mol. The van der Waals surface area contributed by atoms with Gasteiger partial charge in [0.05, 0.1) is 10.7 Å². The zero-order chi connectivity index (χ0) is 24.9. The standard InChI is InChI=1S/C25H32ClN7O2/c1-16(2)20-13-24(35-31-20)30-22(27-4)14-23(33-10-8-32(5)9-11-33)28-15-34-21-7-6-19-18(25(21)26)12-17(3)29-19/h6-7,12-14,16,29-30H,4,8-11,15H2,1-3,5H3/b22-14+,28-23+. The van der Waals surface area contributed by atoms with Crippen LogP contribution in [0.4, 0.5) is 5.88 Å². The average molecular weight is 498 g/mol. The molecule has 3 aromatic rings. The maximum atomic E-state index is 6.59. The Morgan fingerprint density at radius 1 is 1.31 bits per heavy atom. The van der Waals surface area contributed by atoms with Gasteiger partial charge in [0.1, 0.15) is 17.4 Å². The second-order valence-corrected chi connectivity index (χ2v) is 9.33. The lowest BCUT2D eigenvalue weighted by Gasteiger charge is -2.33. The largest absolute Gasteiger partial charge is 0.470 e. The molecule has 0 atom stereocenters. The highest BCUT2D eigenvalue weighted by molar-refractivity contribution is 6.37. The number of amidine groups is 1. The molecule has 0 amide bonds. The number of aryl methyl sites for hydroxylation is 1. The average Bonchev–Trinajstić information content (AvgIpc) is 3.46. The first-order valence-corrected chi connectivity index (χ1v) is 12.0. The van der Waals surface area contributed by atoms with E-state index >= 15 is 0 Å². The molecule has 9 nitrogen and oxygen atoms in total. The smallest absolute Gasteiger partial charge is 0.230 e. The van der Waals surface area contributed by atoms with E-state index in [2.05, 4.69) is 57.9 Å². The molecule has 0 aliphatic carbocycles. The van der Waals surface area contributed by atoms with Crippen LogP contribution in [0.3, 0.4) is 0 Å². The van der Waals surface area contributed by atoms with Crippen LogP contribution in [0.25, 0.3) is 10.9 Å². The second-order valence-electron chi connectivity index (χ2n) is 8.95. The maximum Gasteiger partial charge on any atom is 0.230 e. The van der Waals surface area contributed by atoms with Gasteiger partial charge >= 0.3 is 0 Å². The molecule has 1 aromatic carbocycles. The summed E-state index contributed by atoms with van der Waals surface area (Å²) < 4.78 is 11.4. The fourth-order valence-corrected chi connectivity index (χ4v) is 4.10. The zero-order valence-electron chi connectivity index (χ0n) is 20.6. The summed E-state index contributed by atoms with van der Waals surface area (Å²) in [5.41, 5.74) is 2.89. The number of rotatable bonds is 8. The number of halogens is 1. The first-order valence-electron chi connectivity index (χ1n) is 11.6. The summed E-state index contributed by atoms with van der Waals surface area (Å²) in [4.78, 5) is 16.6. The van der Waals surface area contributed by atoms with Crippen LogP contribution < -0.4 is 10.1 Å². The van der Waals surface area contributed by atoms with Crippen molar-refractivity contribution in [1.29, 1.82) is 0 Å². The van der Waals surface area contributed by atoms with E-state index in [0.717, 1.165) is 54.3 Å². The van der Waals surface area contributed by atoms with Crippen LogP contribution in [0.5, 0.6) is 5.75 Å². The minimum Gasteiger partial charge on any atom is -0.470 e. The molecule has 2 N–H and O–H groups in total. The number of nitrogens with one attached hydrogen (secondary N) is 2. The lowest BCUT2D eigenvalue weighted by molar-refractivity contribution is 0.214. The Balaban J connectivity index is 1.54. The summed E-state index contributed by atoms with van der Waals surface area (Å²) in [6.45, 7) is 13.5. The Hall–Kier alpha value is -3.30. The highest BCUT2D eigenvalue weighted by Crippen LogP contribution is 2.33. The van der Waals surface area contributed by atoms with Crippen molar-refractivity contribution < 1.29 is 9.26 Å². The molecule has 2 aromatic heterocycles. The highest BCUT2D eigenvalue weighted by Gasteiger charge is 2.18. The number of ether oxygens (including phenoxy) is 1. The summed E-state index contributed by atoms with van der Waals surface area (Å²) >= 11 is 6.59. The summed E-state index contributed by atoms with van der Waals surface area (Å²) in [6.07, 6.45) is 1.85. The summed E-state index contributed by atoms with van der Waals surface area (Å²) in [5.74, 6) is 2.61. The van der Waals surface area contributed by atoms with Crippen molar-refractivity contribution >= 4 is 40.9 Å². The van der Waals surface area contributed by atoms with Crippen LogP contribution in [0.15, 0.2) is 50.7 Å². The van der Waals surface area contributed by atoms with Crippen LogP contribution in [-0.2, 0) is 0 Å². The molecule has 0 spiro atoms. The van der Waals surface area contributed by atoms with Crippen molar-refractivity contribution in [2.24, 2.45) is 9.98 Å². The van der Waals surface area contributed by atoms with E-state index in [4.69, 9.17) is 25.9 Å². The second kappa shape index (κ2) is 11.0. The van der Waals surface area contributed by atoms with Gasteiger partial charge < -0.3 is 29.4 Å². The van der Waals surface area contributed by atoms with Gasteiger partial charge in [-0.25, -0.2) is 9.98 Å². The molecule has 0 bridgehead atoms. The number of fused-ring (bicyclic) bond motifs is 1. The van der Waals surface area contributed by atoms with Gasteiger partial charge in [-0.05, 0) is 44.8 Å². The zero-order valence-corrected chi connectivity index (χ0v) is 21.4. The molecule has 0 radical (unpaired) electrons. The number of hydrogen-bond donors (Lipinski definition) is 2. The first-order chi connectivity index (χ1) is 16.8. The molecule has 0 unspecified atom stereocenters. The molecule has 1 aliphatic rings. The number of hydrogen-bond acceptors (Lipinski definition) is 7.